The standard InChI is InChI=1S/C21H20N2O6/c1-3-11(2)17(23-19(26)13-6-4-5-7-14(13)20(23)27)18(25)22-15-10-12(21(28)29)8-9-16(15)24/h4-11,17,24H,3H2,1-2H3,(H,22,25)(H,28,29). The van der Waals surface area contributed by atoms with Crippen molar-refractivity contribution in [2.75, 3.05) is 5.32 Å². The molecule has 1 heterocycles. The molecule has 2 aromatic rings. The van der Waals surface area contributed by atoms with E-state index in [1.165, 1.54) is 18.2 Å². The third-order valence-corrected chi connectivity index (χ3v) is 5.06. The lowest BCUT2D eigenvalue weighted by molar-refractivity contribution is -0.121. The first-order chi connectivity index (χ1) is 13.8. The van der Waals surface area contributed by atoms with Crippen molar-refractivity contribution in [1.82, 2.24) is 4.90 Å². The Morgan fingerprint density at radius 1 is 1.07 bits per heavy atom. The maximum Gasteiger partial charge on any atom is 0.335 e. The number of carbonyl (C=O) groups is 4. The quantitative estimate of drug-likeness (QED) is 0.509. The predicted molar refractivity (Wildman–Crippen MR) is 104 cm³/mol. The van der Waals surface area contributed by atoms with E-state index in [9.17, 15) is 24.3 Å². The molecule has 150 valence electrons. The van der Waals surface area contributed by atoms with Crippen LogP contribution in [0, 0.1) is 5.92 Å². The number of rotatable bonds is 6. The Hall–Kier alpha value is -3.68. The summed E-state index contributed by atoms with van der Waals surface area (Å²) in [5.74, 6) is -3.73. The van der Waals surface area contributed by atoms with Gasteiger partial charge in [-0.05, 0) is 36.2 Å². The number of aromatic hydroxyl groups is 1. The minimum Gasteiger partial charge on any atom is -0.506 e. The zero-order chi connectivity index (χ0) is 21.3. The molecule has 29 heavy (non-hydrogen) atoms. The van der Waals surface area contributed by atoms with E-state index >= 15 is 0 Å². The van der Waals surface area contributed by atoms with Crippen molar-refractivity contribution in [3.8, 4) is 5.75 Å². The summed E-state index contributed by atoms with van der Waals surface area (Å²) in [5, 5.41) is 21.6. The smallest absolute Gasteiger partial charge is 0.335 e. The van der Waals surface area contributed by atoms with Crippen LogP contribution in [0.4, 0.5) is 5.69 Å². The van der Waals surface area contributed by atoms with Crippen LogP contribution in [-0.4, -0.2) is 44.8 Å². The molecule has 0 radical (unpaired) electrons. The second kappa shape index (κ2) is 7.75. The van der Waals surface area contributed by atoms with Gasteiger partial charge in [0.15, 0.2) is 0 Å². The van der Waals surface area contributed by atoms with E-state index in [1.807, 2.05) is 6.92 Å². The number of amides is 3. The molecule has 2 atom stereocenters. The minimum atomic E-state index is -1.22. The summed E-state index contributed by atoms with van der Waals surface area (Å²) < 4.78 is 0. The minimum absolute atomic E-state index is 0.111. The number of hydrogen-bond donors (Lipinski definition) is 3. The molecule has 8 heteroatoms. The van der Waals surface area contributed by atoms with E-state index in [2.05, 4.69) is 5.32 Å². The van der Waals surface area contributed by atoms with Crippen molar-refractivity contribution in [3.05, 3.63) is 59.2 Å². The molecule has 0 aliphatic carbocycles. The Labute approximate surface area is 166 Å². The molecule has 2 aromatic carbocycles. The third-order valence-electron chi connectivity index (χ3n) is 5.06. The molecule has 3 rings (SSSR count). The molecule has 2 unspecified atom stereocenters. The fraction of sp³-hybridized carbons (Fsp3) is 0.238. The van der Waals surface area contributed by atoms with Crippen LogP contribution >= 0.6 is 0 Å². The maximum atomic E-state index is 13.1. The summed E-state index contributed by atoms with van der Waals surface area (Å²) >= 11 is 0. The monoisotopic (exact) mass is 396 g/mol. The first-order valence-electron chi connectivity index (χ1n) is 9.10. The molecule has 1 aliphatic rings. The summed E-state index contributed by atoms with van der Waals surface area (Å²) in [6.45, 7) is 3.56. The highest BCUT2D eigenvalue weighted by atomic mass is 16.4. The Morgan fingerprint density at radius 2 is 1.66 bits per heavy atom. The van der Waals surface area contributed by atoms with Crippen molar-refractivity contribution in [3.63, 3.8) is 0 Å². The van der Waals surface area contributed by atoms with E-state index in [1.54, 1.807) is 19.1 Å². The molecular formula is C21H20N2O6. The molecule has 3 N–H and O–H groups in total. The number of anilines is 1. The number of phenols is 1. The number of phenolic OH excluding ortho intramolecular Hbond substituents is 1. The number of imide groups is 1. The number of carboxylic acids is 1. The van der Waals surface area contributed by atoms with Crippen molar-refractivity contribution in [2.24, 2.45) is 5.92 Å². The largest absolute Gasteiger partial charge is 0.506 e. The Bertz CT molecular complexity index is 981. The first kappa shape index (κ1) is 20.1. The number of benzene rings is 2. The number of nitrogens with one attached hydrogen (secondary N) is 1. The molecule has 0 bridgehead atoms. The molecule has 0 aromatic heterocycles. The van der Waals surface area contributed by atoms with Gasteiger partial charge in [-0.3, -0.25) is 19.3 Å². The summed E-state index contributed by atoms with van der Waals surface area (Å²) in [6, 6.07) is 8.68. The second-order valence-corrected chi connectivity index (χ2v) is 6.88. The molecule has 8 nitrogen and oxygen atoms in total. The van der Waals surface area contributed by atoms with Gasteiger partial charge in [0.05, 0.1) is 22.4 Å². The van der Waals surface area contributed by atoms with Crippen LogP contribution in [0.2, 0.25) is 0 Å². The SMILES string of the molecule is CCC(C)C(C(=O)Nc1cc(C(=O)O)ccc1O)N1C(=O)c2ccccc2C1=O. The van der Waals surface area contributed by atoms with Gasteiger partial charge in [0.1, 0.15) is 11.8 Å². The van der Waals surface area contributed by atoms with Crippen LogP contribution in [0.1, 0.15) is 51.3 Å². The molecule has 3 amide bonds. The van der Waals surface area contributed by atoms with Gasteiger partial charge in [-0.25, -0.2) is 4.79 Å². The van der Waals surface area contributed by atoms with Crippen molar-refractivity contribution < 1.29 is 29.4 Å². The van der Waals surface area contributed by atoms with Crippen LogP contribution in [0.25, 0.3) is 0 Å². The second-order valence-electron chi connectivity index (χ2n) is 6.88. The van der Waals surface area contributed by atoms with Crippen molar-refractivity contribution in [1.29, 1.82) is 0 Å². The highest BCUT2D eigenvalue weighted by Crippen LogP contribution is 2.30. The topological polar surface area (TPSA) is 124 Å². The highest BCUT2D eigenvalue weighted by Gasteiger charge is 2.44. The van der Waals surface area contributed by atoms with Gasteiger partial charge < -0.3 is 15.5 Å². The Balaban J connectivity index is 1.96. The van der Waals surface area contributed by atoms with Gasteiger partial charge in [0, 0.05) is 0 Å². The zero-order valence-electron chi connectivity index (χ0n) is 15.9. The van der Waals surface area contributed by atoms with Gasteiger partial charge in [0.25, 0.3) is 11.8 Å². The number of fused-ring (bicyclic) bond motifs is 1. The number of nitrogens with zero attached hydrogens (tertiary/aromatic N) is 1. The predicted octanol–water partition coefficient (Wildman–Crippen LogP) is 2.74. The van der Waals surface area contributed by atoms with Gasteiger partial charge in [0.2, 0.25) is 5.91 Å². The van der Waals surface area contributed by atoms with Crippen molar-refractivity contribution >= 4 is 29.4 Å². The first-order valence-corrected chi connectivity index (χ1v) is 9.10. The fourth-order valence-electron chi connectivity index (χ4n) is 3.29. The summed E-state index contributed by atoms with van der Waals surface area (Å²) in [6.07, 6.45) is 0.507. The lowest BCUT2D eigenvalue weighted by atomic mass is 9.96. The number of aromatic carboxylic acids is 1. The molecule has 0 fully saturated rings. The van der Waals surface area contributed by atoms with Gasteiger partial charge in [-0.1, -0.05) is 32.4 Å². The zero-order valence-corrected chi connectivity index (χ0v) is 15.9. The van der Waals surface area contributed by atoms with Gasteiger partial charge in [-0.15, -0.1) is 0 Å². The highest BCUT2D eigenvalue weighted by molar-refractivity contribution is 6.23. The number of carboxylic acid groups (broad SMARTS) is 1. The number of carbonyl (C=O) groups excluding carboxylic acids is 3. The van der Waals surface area contributed by atoms with E-state index in [0.717, 1.165) is 17.0 Å². The van der Waals surface area contributed by atoms with Crippen LogP contribution in [0.3, 0.4) is 0 Å². The lowest BCUT2D eigenvalue weighted by Gasteiger charge is -2.29. The van der Waals surface area contributed by atoms with E-state index < -0.39 is 29.7 Å². The Morgan fingerprint density at radius 3 is 2.17 bits per heavy atom. The number of hydrogen-bond acceptors (Lipinski definition) is 5. The molecule has 0 spiro atoms. The van der Waals surface area contributed by atoms with Crippen LogP contribution in [0.5, 0.6) is 5.75 Å². The third kappa shape index (κ3) is 3.56. The lowest BCUT2D eigenvalue weighted by Crippen LogP contribution is -2.50. The van der Waals surface area contributed by atoms with E-state index in [4.69, 9.17) is 5.11 Å². The van der Waals surface area contributed by atoms with E-state index in [0.29, 0.717) is 6.42 Å². The maximum absolute atomic E-state index is 13.1. The van der Waals surface area contributed by atoms with Crippen LogP contribution in [0.15, 0.2) is 42.5 Å². The average Bonchev–Trinajstić information content (AvgIpc) is 2.95. The van der Waals surface area contributed by atoms with Crippen LogP contribution < -0.4 is 5.32 Å². The van der Waals surface area contributed by atoms with Crippen molar-refractivity contribution in [2.45, 2.75) is 26.3 Å². The average molecular weight is 396 g/mol. The fourth-order valence-corrected chi connectivity index (χ4v) is 3.29. The van der Waals surface area contributed by atoms with Crippen LogP contribution in [-0.2, 0) is 4.79 Å². The summed E-state index contributed by atoms with van der Waals surface area (Å²) in [5.41, 5.74) is 0.224. The summed E-state index contributed by atoms with van der Waals surface area (Å²) in [4.78, 5) is 50.8. The molecule has 0 saturated heterocycles. The van der Waals surface area contributed by atoms with Gasteiger partial charge in [-0.2, -0.15) is 0 Å². The van der Waals surface area contributed by atoms with E-state index in [-0.39, 0.29) is 34.0 Å². The molecule has 1 aliphatic heterocycles. The normalized spacial score (nSPS) is 15.0. The Kier molecular flexibility index (Phi) is 5.36. The van der Waals surface area contributed by atoms with Gasteiger partial charge >= 0.3 is 5.97 Å². The molecule has 0 saturated carbocycles. The molecular weight excluding hydrogens is 376 g/mol. The summed E-state index contributed by atoms with van der Waals surface area (Å²) in [7, 11) is 0.